The normalized spacial score (nSPS) is 35.4. The highest BCUT2D eigenvalue weighted by Crippen LogP contribution is 2.38. The minimum atomic E-state index is -2.44. The molecule has 1 saturated carbocycles. The van der Waals surface area contributed by atoms with Crippen molar-refractivity contribution in [1.29, 1.82) is 0 Å². The molecular formula is C61H96N4O14. The number of nitrogens with zero attached hydrogens (tertiary/aromatic N) is 4. The van der Waals surface area contributed by atoms with Crippen LogP contribution >= 0.6 is 0 Å². The number of unbranched alkanes of at least 4 members (excludes halogenated alkanes) is 1. The first-order valence-electron chi connectivity index (χ1n) is 29.3. The fourth-order valence-corrected chi connectivity index (χ4v) is 11.8. The molecule has 1 aliphatic carbocycles. The minimum Gasteiger partial charge on any atom is -0.460 e. The zero-order valence-electron chi connectivity index (χ0n) is 49.3. The number of carbonyl (C=O) groups excluding carboxylic acids is 5. The van der Waals surface area contributed by atoms with E-state index in [0.29, 0.717) is 83.3 Å². The molecule has 0 aromatic carbocycles. The van der Waals surface area contributed by atoms with Crippen molar-refractivity contribution >= 4 is 29.2 Å². The number of cyclic esters (lactones) is 1. The van der Waals surface area contributed by atoms with Crippen molar-refractivity contribution < 1.29 is 67.3 Å². The van der Waals surface area contributed by atoms with E-state index in [-0.39, 0.29) is 60.9 Å². The Labute approximate surface area is 470 Å². The third kappa shape index (κ3) is 18.9. The van der Waals surface area contributed by atoms with Gasteiger partial charge >= 0.3 is 5.97 Å². The Morgan fingerprint density at radius 3 is 2.35 bits per heavy atom. The molecule has 2 N–H and O–H groups in total. The van der Waals surface area contributed by atoms with Gasteiger partial charge in [0.2, 0.25) is 5.79 Å². The van der Waals surface area contributed by atoms with Gasteiger partial charge in [0.1, 0.15) is 30.1 Å². The SMILES string of the molecule is CCOCCn1cc(CCCCO[C@@H]2CC[C@@H](C[C@@H](C)[C@@H]3CC(=O)[C@H](C)/C=C(\C)[C@@H](O)[C@@H](OC)C(=O)[C@H](C)C[C@H](C)/C=C/C=C/C=C(\C)[C@@H](OC)C[C@@H]4CC[C@@H](C)[C@@](O)(O4)C(=O)C(=O)N4CCCC[C@H]4C(=O)O3)C[C@H]2OC)nn1. The zero-order valence-corrected chi connectivity index (χ0v) is 49.3. The van der Waals surface area contributed by atoms with E-state index in [1.54, 1.807) is 45.7 Å². The number of aromatic nitrogens is 3. The molecule has 4 heterocycles. The second kappa shape index (κ2) is 32.4. The van der Waals surface area contributed by atoms with E-state index in [2.05, 4.69) is 10.3 Å². The number of esters is 1. The number of ketones is 3. The lowest BCUT2D eigenvalue weighted by Crippen LogP contribution is -2.61. The number of carbonyl (C=O) groups is 5. The van der Waals surface area contributed by atoms with Crippen LogP contribution in [-0.2, 0) is 70.1 Å². The molecule has 18 heteroatoms. The van der Waals surface area contributed by atoms with Crippen LogP contribution in [0.3, 0.4) is 0 Å². The van der Waals surface area contributed by atoms with Crippen molar-refractivity contribution in [2.75, 3.05) is 47.7 Å². The Bertz CT molecular complexity index is 2240. The maximum Gasteiger partial charge on any atom is 0.329 e. The molecule has 0 unspecified atom stereocenters. The fraction of sp³-hybridized carbons (Fsp3) is 0.754. The summed E-state index contributed by atoms with van der Waals surface area (Å²) < 4.78 is 43.8. The zero-order chi connectivity index (χ0) is 57.8. The number of fused-ring (bicyclic) bond motifs is 3. The van der Waals surface area contributed by atoms with Crippen molar-refractivity contribution in [2.24, 2.45) is 35.5 Å². The van der Waals surface area contributed by atoms with Crippen molar-refractivity contribution in [3.05, 3.63) is 59.5 Å². The molecule has 4 aliphatic rings. The summed E-state index contributed by atoms with van der Waals surface area (Å²) in [6.45, 7) is 17.3. The second-order valence-electron chi connectivity index (χ2n) is 23.1. The number of allylic oxidation sites excluding steroid dienone is 6. The lowest BCUT2D eigenvalue weighted by molar-refractivity contribution is -0.265. The molecule has 79 heavy (non-hydrogen) atoms. The van der Waals surface area contributed by atoms with E-state index < -0.39 is 77.8 Å². The number of aliphatic hydroxyl groups excluding tert-OH is 1. The number of rotatable bonds is 16. The van der Waals surface area contributed by atoms with Gasteiger partial charge in [-0.3, -0.25) is 19.2 Å². The van der Waals surface area contributed by atoms with Gasteiger partial charge in [0.05, 0.1) is 43.3 Å². The molecule has 18 nitrogen and oxygen atoms in total. The number of ether oxygens (including phenoxy) is 7. The maximum absolute atomic E-state index is 14.6. The molecule has 3 fully saturated rings. The Balaban J connectivity index is 1.36. The van der Waals surface area contributed by atoms with Gasteiger partial charge in [0, 0.05) is 77.9 Å². The Morgan fingerprint density at radius 2 is 1.63 bits per heavy atom. The summed E-state index contributed by atoms with van der Waals surface area (Å²) >= 11 is 0. The highest BCUT2D eigenvalue weighted by atomic mass is 16.6. The molecule has 0 spiro atoms. The monoisotopic (exact) mass is 1110 g/mol. The number of aryl methyl sites for hydroxylation is 1. The summed E-state index contributed by atoms with van der Waals surface area (Å²) in [7, 11) is 4.67. The standard InChI is InChI=1S/C61H96N4O14/c1-12-76-31-29-64-38-47(62-63-64)22-17-19-30-77-51-27-25-46(35-54(51)74-10)34-42(5)53-37-50(66)41(4)33-44(7)56(68)57(75-11)55(67)43(6)32-39(2)20-14-13-15-21-40(3)52(73-9)36-48-26-24-45(8)61(72,79-48)58(69)59(70)65-28-18-16-23-49(65)60(71)78-53/h13-15,20-21,33,38-39,41-43,45-46,48-49,51-54,56-57,68,72H,12,16-19,22-32,34-37H2,1-11H3/b15-13+,20-14+,40-21+,44-33+/t39-,41-,42-,43-,45-,46+,48+,49+,51-,52+,53+,54-,56-,57+,61-/m1/s1. The van der Waals surface area contributed by atoms with Crippen LogP contribution in [-0.4, -0.2) is 162 Å². The highest BCUT2D eigenvalue weighted by Gasteiger charge is 2.53. The number of hydrogen-bond acceptors (Lipinski definition) is 16. The molecule has 1 aromatic rings. The summed E-state index contributed by atoms with van der Waals surface area (Å²) in [5, 5.41) is 32.1. The molecule has 444 valence electrons. The van der Waals surface area contributed by atoms with E-state index in [4.69, 9.17) is 33.2 Å². The highest BCUT2D eigenvalue weighted by molar-refractivity contribution is 6.39. The Kier molecular flexibility index (Phi) is 26.9. The average molecular weight is 1110 g/mol. The third-order valence-corrected chi connectivity index (χ3v) is 16.9. The first-order chi connectivity index (χ1) is 37.7. The second-order valence-corrected chi connectivity index (χ2v) is 23.1. The number of amides is 1. The predicted molar refractivity (Wildman–Crippen MR) is 298 cm³/mol. The molecule has 2 bridgehead atoms. The van der Waals surface area contributed by atoms with Crippen molar-refractivity contribution in [2.45, 2.75) is 213 Å². The lowest BCUT2D eigenvalue weighted by Gasteiger charge is -2.42. The lowest BCUT2D eigenvalue weighted by atomic mass is 9.78. The van der Waals surface area contributed by atoms with Gasteiger partial charge in [-0.1, -0.05) is 76.3 Å². The molecule has 15 atom stereocenters. The van der Waals surface area contributed by atoms with Gasteiger partial charge in [0.15, 0.2) is 5.78 Å². The van der Waals surface area contributed by atoms with Crippen LogP contribution in [0.15, 0.2) is 53.8 Å². The molecule has 1 amide bonds. The summed E-state index contributed by atoms with van der Waals surface area (Å²) in [6.07, 6.45) is 16.8. The first kappa shape index (κ1) is 65.5. The molecule has 0 radical (unpaired) electrons. The minimum absolute atomic E-state index is 0.0131. The van der Waals surface area contributed by atoms with E-state index in [1.807, 2.05) is 71.2 Å². The molecule has 5 rings (SSSR count). The quantitative estimate of drug-likeness (QED) is 0.0696. The number of Topliss-reactive ketones (excluding diaryl/α,β-unsaturated/α-hetero) is 3. The van der Waals surface area contributed by atoms with Gasteiger partial charge in [-0.25, -0.2) is 9.48 Å². The number of hydrogen-bond donors (Lipinski definition) is 2. The van der Waals surface area contributed by atoms with Gasteiger partial charge < -0.3 is 48.3 Å². The number of methoxy groups -OCH3 is 3. The molecule has 2 saturated heterocycles. The van der Waals surface area contributed by atoms with Crippen LogP contribution in [0, 0.1) is 35.5 Å². The predicted octanol–water partition coefficient (Wildman–Crippen LogP) is 7.86. The Morgan fingerprint density at radius 1 is 0.861 bits per heavy atom. The smallest absolute Gasteiger partial charge is 0.329 e. The summed E-state index contributed by atoms with van der Waals surface area (Å²) in [6, 6.07) is -1.15. The van der Waals surface area contributed by atoms with Gasteiger partial charge in [-0.05, 0) is 133 Å². The van der Waals surface area contributed by atoms with Crippen molar-refractivity contribution in [1.82, 2.24) is 19.9 Å². The van der Waals surface area contributed by atoms with Crippen LogP contribution in [0.1, 0.15) is 151 Å². The number of piperidine rings is 1. The van der Waals surface area contributed by atoms with Crippen molar-refractivity contribution in [3.8, 4) is 0 Å². The van der Waals surface area contributed by atoms with Crippen molar-refractivity contribution in [3.63, 3.8) is 0 Å². The maximum atomic E-state index is 14.6. The van der Waals surface area contributed by atoms with E-state index >= 15 is 0 Å². The Hall–Kier alpha value is -4.27. The third-order valence-electron chi connectivity index (χ3n) is 16.9. The summed E-state index contributed by atoms with van der Waals surface area (Å²) in [5.74, 6) is -7.92. The van der Waals surface area contributed by atoms with Gasteiger partial charge in [0.25, 0.3) is 11.7 Å². The van der Waals surface area contributed by atoms with Crippen LogP contribution in [0.4, 0.5) is 0 Å². The number of aliphatic hydroxyl groups is 2. The van der Waals surface area contributed by atoms with Gasteiger partial charge in [-0.2, -0.15) is 0 Å². The topological polar surface area (TPSA) is 224 Å². The van der Waals surface area contributed by atoms with E-state index in [0.717, 1.165) is 43.4 Å². The van der Waals surface area contributed by atoms with Crippen LogP contribution < -0.4 is 0 Å². The van der Waals surface area contributed by atoms with Crippen LogP contribution in [0.5, 0.6) is 0 Å². The van der Waals surface area contributed by atoms with Crippen LogP contribution in [0.2, 0.25) is 0 Å². The van der Waals surface area contributed by atoms with Crippen LogP contribution in [0.25, 0.3) is 0 Å². The molecular weight excluding hydrogens is 1010 g/mol. The van der Waals surface area contributed by atoms with Gasteiger partial charge in [-0.15, -0.1) is 5.10 Å². The van der Waals surface area contributed by atoms with E-state index in [1.165, 1.54) is 12.0 Å². The molecule has 3 aliphatic heterocycles. The average Bonchev–Trinajstić information content (AvgIpc) is 3.90. The first-order valence-corrected chi connectivity index (χ1v) is 29.3. The summed E-state index contributed by atoms with van der Waals surface area (Å²) in [4.78, 5) is 72.9. The summed E-state index contributed by atoms with van der Waals surface area (Å²) in [5.41, 5.74) is 2.21. The van der Waals surface area contributed by atoms with E-state index in [9.17, 15) is 34.2 Å². The largest absolute Gasteiger partial charge is 0.460 e. The molecule has 1 aromatic heterocycles. The fourth-order valence-electron chi connectivity index (χ4n) is 11.8.